The highest BCUT2D eigenvalue weighted by molar-refractivity contribution is 8.00. The van der Waals surface area contributed by atoms with E-state index in [1.165, 1.54) is 23.7 Å². The van der Waals surface area contributed by atoms with Gasteiger partial charge in [-0.25, -0.2) is 9.59 Å². The molecule has 0 fully saturated rings. The molecule has 220 valence electrons. The van der Waals surface area contributed by atoms with Crippen LogP contribution in [0.15, 0.2) is 140 Å². The fourth-order valence-electron chi connectivity index (χ4n) is 6.14. The number of hydrogen-bond acceptors (Lipinski definition) is 4. The molecule has 0 aliphatic heterocycles. The maximum Gasteiger partial charge on any atom is 0.410 e. The molecule has 1 aliphatic carbocycles. The number of carboxylic acid groups (broad SMARTS) is 1. The summed E-state index contributed by atoms with van der Waals surface area (Å²) in [5.74, 6) is -1.06. The van der Waals surface area contributed by atoms with Crippen LogP contribution in [0.3, 0.4) is 0 Å². The van der Waals surface area contributed by atoms with Crippen LogP contribution in [0, 0.1) is 0 Å². The summed E-state index contributed by atoms with van der Waals surface area (Å²) in [7, 11) is 1.51. The van der Waals surface area contributed by atoms with Crippen molar-refractivity contribution >= 4 is 23.8 Å². The zero-order chi connectivity index (χ0) is 30.5. The Kier molecular flexibility index (Phi) is 8.53. The van der Waals surface area contributed by atoms with Crippen molar-refractivity contribution in [2.24, 2.45) is 0 Å². The minimum atomic E-state index is -1.12. The van der Waals surface area contributed by atoms with Crippen molar-refractivity contribution in [1.29, 1.82) is 0 Å². The third-order valence-electron chi connectivity index (χ3n) is 8.38. The molecule has 6 rings (SSSR count). The zero-order valence-electron chi connectivity index (χ0n) is 24.4. The Balaban J connectivity index is 1.26. The third-order valence-corrected chi connectivity index (χ3v) is 10.00. The number of aliphatic carboxylic acids is 1. The van der Waals surface area contributed by atoms with Crippen LogP contribution in [0.1, 0.15) is 33.7 Å². The summed E-state index contributed by atoms with van der Waals surface area (Å²) in [6, 6.07) is 45.4. The number of benzene rings is 5. The van der Waals surface area contributed by atoms with E-state index in [1.54, 1.807) is 0 Å². The first-order valence-electron chi connectivity index (χ1n) is 14.6. The second-order valence-corrected chi connectivity index (χ2v) is 12.1. The van der Waals surface area contributed by atoms with E-state index in [-0.39, 0.29) is 18.3 Å². The number of thioether (sulfide) groups is 1. The average molecular weight is 600 g/mol. The summed E-state index contributed by atoms with van der Waals surface area (Å²) < 4.78 is 5.12. The van der Waals surface area contributed by atoms with Gasteiger partial charge in [-0.15, -0.1) is 11.8 Å². The van der Waals surface area contributed by atoms with Crippen molar-refractivity contribution in [3.63, 3.8) is 0 Å². The van der Waals surface area contributed by atoms with Gasteiger partial charge in [-0.3, -0.25) is 4.90 Å². The molecule has 44 heavy (non-hydrogen) atoms. The molecule has 0 spiro atoms. The summed E-state index contributed by atoms with van der Waals surface area (Å²) in [4.78, 5) is 27.3. The highest BCUT2D eigenvalue weighted by atomic mass is 32.2. The highest BCUT2D eigenvalue weighted by Gasteiger charge is 2.40. The van der Waals surface area contributed by atoms with E-state index in [2.05, 4.69) is 60.7 Å². The standard InChI is InChI=1S/C38H33NO4S/c1-39(37(42)43-25-34-32-23-13-11-21-30(32)31-22-12-14-24-33(31)34)35(36(40)41)26-44-38(27-15-5-2-6-16-27,28-17-7-3-8-18-28)29-19-9-4-10-20-29/h2-24,34-35H,25-26H2,1H3,(H,40,41)/t35-/m0/s1. The van der Waals surface area contributed by atoms with E-state index in [1.807, 2.05) is 78.9 Å². The number of nitrogens with zero attached hydrogens (tertiary/aromatic N) is 1. The van der Waals surface area contributed by atoms with E-state index >= 15 is 0 Å². The summed E-state index contributed by atoms with van der Waals surface area (Å²) in [6.07, 6.45) is -0.662. The minimum Gasteiger partial charge on any atom is -0.480 e. The molecule has 0 unspecified atom stereocenters. The topological polar surface area (TPSA) is 66.8 Å². The summed E-state index contributed by atoms with van der Waals surface area (Å²) >= 11 is 1.50. The third kappa shape index (κ3) is 5.49. The molecule has 0 saturated heterocycles. The number of hydrogen-bond donors (Lipinski definition) is 1. The van der Waals surface area contributed by atoms with Gasteiger partial charge >= 0.3 is 12.1 Å². The number of carbonyl (C=O) groups is 2. The molecule has 1 N–H and O–H groups in total. The Bertz CT molecular complexity index is 1600. The lowest BCUT2D eigenvalue weighted by Crippen LogP contribution is -2.45. The number of ether oxygens (including phenoxy) is 1. The molecular formula is C38H33NO4S. The van der Waals surface area contributed by atoms with E-state index in [0.717, 1.165) is 38.9 Å². The fraction of sp³-hybridized carbons (Fsp3) is 0.158. The normalized spacial score (nSPS) is 13.0. The molecule has 5 nitrogen and oxygen atoms in total. The van der Waals surface area contributed by atoms with Crippen LogP contribution < -0.4 is 0 Å². The minimum absolute atomic E-state index is 0.112. The highest BCUT2D eigenvalue weighted by Crippen LogP contribution is 2.49. The lowest BCUT2D eigenvalue weighted by molar-refractivity contribution is -0.141. The Morgan fingerprint density at radius 3 is 1.55 bits per heavy atom. The molecule has 1 amide bonds. The van der Waals surface area contributed by atoms with Crippen molar-refractivity contribution in [1.82, 2.24) is 4.90 Å². The Hall–Kier alpha value is -4.81. The molecule has 6 heteroatoms. The maximum absolute atomic E-state index is 13.4. The van der Waals surface area contributed by atoms with Gasteiger partial charge in [0.15, 0.2) is 0 Å². The Labute approximate surface area is 262 Å². The fourth-order valence-corrected chi connectivity index (χ4v) is 7.83. The van der Waals surface area contributed by atoms with Crippen molar-refractivity contribution in [3.8, 4) is 11.1 Å². The monoisotopic (exact) mass is 599 g/mol. The quantitative estimate of drug-likeness (QED) is 0.165. The first-order valence-corrected chi connectivity index (χ1v) is 15.6. The number of amides is 1. The van der Waals surface area contributed by atoms with Crippen LogP contribution in [-0.2, 0) is 14.3 Å². The van der Waals surface area contributed by atoms with Crippen LogP contribution in [0.5, 0.6) is 0 Å². The van der Waals surface area contributed by atoms with Gasteiger partial charge in [0.05, 0.1) is 4.75 Å². The molecular weight excluding hydrogens is 566 g/mol. The first kappa shape index (κ1) is 29.3. The van der Waals surface area contributed by atoms with Gasteiger partial charge in [-0.2, -0.15) is 0 Å². The Morgan fingerprint density at radius 2 is 1.11 bits per heavy atom. The average Bonchev–Trinajstić information content (AvgIpc) is 3.40. The predicted octanol–water partition coefficient (Wildman–Crippen LogP) is 8.05. The first-order chi connectivity index (χ1) is 21.5. The van der Waals surface area contributed by atoms with Crippen molar-refractivity contribution in [2.45, 2.75) is 16.7 Å². The zero-order valence-corrected chi connectivity index (χ0v) is 25.2. The number of likely N-dealkylation sites (N-methyl/N-ethyl adjacent to an activating group) is 1. The molecule has 1 aliphatic rings. The second-order valence-electron chi connectivity index (χ2n) is 10.9. The van der Waals surface area contributed by atoms with Gasteiger partial charge in [0.25, 0.3) is 0 Å². The molecule has 0 bridgehead atoms. The molecule has 0 heterocycles. The second kappa shape index (κ2) is 12.8. The van der Waals surface area contributed by atoms with Crippen LogP contribution in [0.4, 0.5) is 4.79 Å². The summed E-state index contributed by atoms with van der Waals surface area (Å²) in [6.45, 7) is 0.124. The number of rotatable bonds is 10. The number of carboxylic acids is 1. The van der Waals surface area contributed by atoms with Crippen LogP contribution in [0.25, 0.3) is 11.1 Å². The number of fused-ring (bicyclic) bond motifs is 3. The van der Waals surface area contributed by atoms with E-state index in [0.29, 0.717) is 0 Å². The van der Waals surface area contributed by atoms with Gasteiger partial charge in [0.2, 0.25) is 0 Å². The van der Waals surface area contributed by atoms with Crippen LogP contribution >= 0.6 is 11.8 Å². The van der Waals surface area contributed by atoms with E-state index < -0.39 is 22.9 Å². The molecule has 5 aromatic carbocycles. The molecule has 0 aromatic heterocycles. The molecule has 0 radical (unpaired) electrons. The summed E-state index contributed by atoms with van der Waals surface area (Å²) in [5, 5.41) is 10.4. The van der Waals surface area contributed by atoms with Crippen molar-refractivity contribution < 1.29 is 19.4 Å². The molecule has 5 aromatic rings. The lowest BCUT2D eigenvalue weighted by Gasteiger charge is -2.37. The largest absolute Gasteiger partial charge is 0.480 e. The number of carbonyl (C=O) groups excluding carboxylic acids is 1. The van der Waals surface area contributed by atoms with Crippen LogP contribution in [0.2, 0.25) is 0 Å². The van der Waals surface area contributed by atoms with Crippen molar-refractivity contribution in [2.75, 3.05) is 19.4 Å². The predicted molar refractivity (Wildman–Crippen MR) is 176 cm³/mol. The van der Waals surface area contributed by atoms with Gasteiger partial charge < -0.3 is 9.84 Å². The van der Waals surface area contributed by atoms with E-state index in [4.69, 9.17) is 4.74 Å². The molecule has 0 saturated carbocycles. The van der Waals surface area contributed by atoms with Crippen molar-refractivity contribution in [3.05, 3.63) is 167 Å². The maximum atomic E-state index is 13.4. The smallest absolute Gasteiger partial charge is 0.410 e. The van der Waals surface area contributed by atoms with Crippen LogP contribution in [-0.4, -0.2) is 47.5 Å². The van der Waals surface area contributed by atoms with Gasteiger partial charge in [-0.05, 0) is 38.9 Å². The van der Waals surface area contributed by atoms with E-state index in [9.17, 15) is 14.7 Å². The van der Waals surface area contributed by atoms with Gasteiger partial charge in [0, 0.05) is 18.7 Å². The Morgan fingerprint density at radius 1 is 0.705 bits per heavy atom. The van der Waals surface area contributed by atoms with Gasteiger partial charge in [0.1, 0.15) is 12.6 Å². The van der Waals surface area contributed by atoms with Gasteiger partial charge in [-0.1, -0.05) is 140 Å². The summed E-state index contributed by atoms with van der Waals surface area (Å²) in [5.41, 5.74) is 7.55. The lowest BCUT2D eigenvalue weighted by atomic mass is 9.84. The molecule has 1 atom stereocenters. The SMILES string of the molecule is CN(C(=O)OCC1c2ccccc2-c2ccccc21)[C@@H](CSC(c1ccccc1)(c1ccccc1)c1ccccc1)C(=O)O.